The van der Waals surface area contributed by atoms with Gasteiger partial charge in [-0.25, -0.2) is 22.8 Å². The number of aliphatic hydroxyl groups is 1. The third kappa shape index (κ3) is 38.0. The van der Waals surface area contributed by atoms with Crippen molar-refractivity contribution in [1.29, 1.82) is 0 Å². The van der Waals surface area contributed by atoms with Gasteiger partial charge in [-0.1, -0.05) is 157 Å². The number of carbonyl (C=O) groups excluding carboxylic acids is 2. The number of alkyl halides is 9. The summed E-state index contributed by atoms with van der Waals surface area (Å²) in [5, 5.41) is 28.4. The van der Waals surface area contributed by atoms with Crippen molar-refractivity contribution < 1.29 is 174 Å². The Balaban J connectivity index is -0.000000996. The van der Waals surface area contributed by atoms with Gasteiger partial charge in [-0.3, -0.25) is 10.1 Å². The van der Waals surface area contributed by atoms with Crippen LogP contribution in [0.3, 0.4) is 0 Å². The summed E-state index contributed by atoms with van der Waals surface area (Å²) < 4.78 is 118. The molecule has 0 saturated carbocycles. The number of esters is 2. The number of carbonyl (C=O) groups is 3. The van der Waals surface area contributed by atoms with Gasteiger partial charge in [0.05, 0.1) is 35.0 Å². The maximum absolute atomic E-state index is 12.6. The number of hydrogen-bond acceptors (Lipinski definition) is 17. The molecule has 0 saturated heterocycles. The molecule has 6 aromatic carbocycles. The number of halogens is 10. The van der Waals surface area contributed by atoms with Crippen LogP contribution in [0.15, 0.2) is 211 Å². The summed E-state index contributed by atoms with van der Waals surface area (Å²) in [5.74, 6) is -6.50. The first kappa shape index (κ1) is 89.3. The summed E-state index contributed by atoms with van der Waals surface area (Å²) in [7, 11) is -6.04. The molecule has 6 rings (SSSR count). The Labute approximate surface area is 590 Å². The molecule has 0 heterocycles. The SMILES string of the molecule is O=C(O)C(F)(F)SOO[O-].O=C(OCCCCBr)C(F)(F)S(=O)(=O)[O-].O=C(OCCCCBr)C(F)(F)SOO[O-].OCCCCBr.[Cl-].[Na+].[Na+].c1ccc([S+](c2ccccc2)c2ccccc2)cc1.c1ccc([S+](c2ccccc2)c2ccccc2)cc1. The van der Waals surface area contributed by atoms with E-state index in [1.54, 1.807) is 0 Å². The fourth-order valence-electron chi connectivity index (χ4n) is 5.54. The van der Waals surface area contributed by atoms with Crippen LogP contribution in [0.4, 0.5) is 26.3 Å². The molecule has 0 spiro atoms. The second-order valence-corrected chi connectivity index (χ2v) is 24.9. The summed E-state index contributed by atoms with van der Waals surface area (Å²) in [4.78, 5) is 38.9. The van der Waals surface area contributed by atoms with Crippen molar-refractivity contribution in [2.24, 2.45) is 0 Å². The van der Waals surface area contributed by atoms with Crippen LogP contribution in [0, 0.1) is 0 Å². The minimum absolute atomic E-state index is 0. The van der Waals surface area contributed by atoms with Crippen molar-refractivity contribution in [3.8, 4) is 0 Å². The zero-order chi connectivity index (χ0) is 62.7. The molecule has 87 heavy (non-hydrogen) atoms. The van der Waals surface area contributed by atoms with Crippen molar-refractivity contribution in [1.82, 2.24) is 0 Å². The summed E-state index contributed by atoms with van der Waals surface area (Å²) in [6.07, 6.45) is 4.04. The van der Waals surface area contributed by atoms with Crippen LogP contribution in [0.2, 0.25) is 0 Å². The Morgan fingerprint density at radius 2 is 0.724 bits per heavy atom. The number of benzene rings is 6. The van der Waals surface area contributed by atoms with E-state index in [0.29, 0.717) is 43.0 Å². The van der Waals surface area contributed by atoms with Crippen LogP contribution < -0.4 is 82.0 Å². The molecule has 0 unspecified atom stereocenters. The predicted molar refractivity (Wildman–Crippen MR) is 313 cm³/mol. The fourth-order valence-corrected chi connectivity index (χ4v) is 11.6. The van der Waals surface area contributed by atoms with Gasteiger partial charge in [0.2, 0.25) is 0 Å². The maximum Gasteiger partial charge on any atom is 1.00 e. The van der Waals surface area contributed by atoms with Gasteiger partial charge in [-0.05, 0) is 111 Å². The van der Waals surface area contributed by atoms with Gasteiger partial charge in [-0.15, -0.1) is 0 Å². The molecule has 33 heteroatoms. The van der Waals surface area contributed by atoms with Crippen molar-refractivity contribution in [2.45, 2.75) is 83.7 Å². The van der Waals surface area contributed by atoms with E-state index >= 15 is 0 Å². The average molecular weight is 1560 g/mol. The molecule has 0 bridgehead atoms. The topological polar surface area (TPSA) is 250 Å². The van der Waals surface area contributed by atoms with Gasteiger partial charge < -0.3 is 47.2 Å². The zero-order valence-corrected chi connectivity index (χ0v) is 59.8. The van der Waals surface area contributed by atoms with Crippen molar-refractivity contribution in [2.75, 3.05) is 35.8 Å². The molecule has 0 fully saturated rings. The van der Waals surface area contributed by atoms with Gasteiger partial charge in [0.15, 0.2) is 39.5 Å². The average Bonchev–Trinajstić information content (AvgIpc) is 1.72. The molecule has 16 nitrogen and oxygen atoms in total. The van der Waals surface area contributed by atoms with Gasteiger partial charge in [0.1, 0.15) is 24.1 Å². The number of unbranched alkanes of at least 4 members (excludes halogenated alkanes) is 3. The Morgan fingerprint density at radius 1 is 0.471 bits per heavy atom. The van der Waals surface area contributed by atoms with E-state index in [1.807, 2.05) is 0 Å². The molecule has 0 atom stereocenters. The molecule has 470 valence electrons. The van der Waals surface area contributed by atoms with Gasteiger partial charge >= 0.3 is 92.8 Å². The third-order valence-corrected chi connectivity index (χ3v) is 17.3. The van der Waals surface area contributed by atoms with Crippen molar-refractivity contribution in [3.05, 3.63) is 182 Å². The fraction of sp³-hybridized carbons (Fsp3) is 0.278. The molecule has 0 aliphatic carbocycles. The van der Waals surface area contributed by atoms with E-state index in [0.717, 1.165) is 18.2 Å². The normalized spacial score (nSPS) is 10.7. The Bertz CT molecular complexity index is 2490. The third-order valence-electron chi connectivity index (χ3n) is 9.31. The largest absolute Gasteiger partial charge is 1.00 e. The van der Waals surface area contributed by atoms with E-state index in [4.69, 9.17) is 15.5 Å². The second kappa shape index (κ2) is 52.5. The summed E-state index contributed by atoms with van der Waals surface area (Å²) in [6.45, 7) is -0.139. The number of aliphatic carboxylic acids is 1. The van der Waals surface area contributed by atoms with Crippen LogP contribution in [-0.2, 0) is 74.5 Å². The first-order chi connectivity index (χ1) is 40.1. The van der Waals surface area contributed by atoms with E-state index in [1.165, 1.54) is 29.4 Å². The molecule has 0 aliphatic heterocycles. The van der Waals surface area contributed by atoms with Gasteiger partial charge in [-0.2, -0.15) is 35.0 Å². The number of carboxylic acid groups (broad SMARTS) is 1. The standard InChI is InChI=1S/2C18H15S.2C6H9BrF2O5S.C4H9BrO.C2H2F2O5S.ClH.2Na/c2*1-4-10-16(11-5-1)19(17-12-6-2-7-13-17)18-14-8-3-9-15-18;7-3-1-2-4-14-5(10)6(8,9)15(11,12)13;7-3-1-2-4-12-5(10)6(8,9)15-14-13-11;5-3-1-2-4-6;3-2(4,1(5)6)10-9-8-7;;;/h2*1-15H;1-4H2,(H,11,12,13);11H,1-4H2;6H,1-4H2;7H,(H,5,6);1H;;/q2*+1;;;;;;2*+1/p-4. The molecule has 6 aromatic rings. The Morgan fingerprint density at radius 3 is 0.943 bits per heavy atom. The van der Waals surface area contributed by atoms with Crippen molar-refractivity contribution >= 4 is 122 Å². The second-order valence-electron chi connectivity index (χ2n) is 15.4. The minimum atomic E-state index is -6.01. The summed E-state index contributed by atoms with van der Waals surface area (Å²) >= 11 is 7.84. The molecule has 0 radical (unpaired) electrons. The van der Waals surface area contributed by atoms with Crippen LogP contribution in [0.25, 0.3) is 0 Å². The van der Waals surface area contributed by atoms with Crippen LogP contribution >= 0.6 is 71.9 Å². The van der Waals surface area contributed by atoms with Crippen LogP contribution in [0.5, 0.6) is 0 Å². The number of rotatable bonds is 27. The number of ether oxygens (including phenoxy) is 2. The minimum Gasteiger partial charge on any atom is -1.00 e. The van der Waals surface area contributed by atoms with E-state index in [9.17, 15) is 59.0 Å². The number of aliphatic hydroxyl groups excluding tert-OH is 1. The van der Waals surface area contributed by atoms with E-state index in [2.05, 4.69) is 258 Å². The van der Waals surface area contributed by atoms with Crippen LogP contribution in [0.1, 0.15) is 38.5 Å². The predicted octanol–water partition coefficient (Wildman–Crippen LogP) is 3.28. The van der Waals surface area contributed by atoms with Crippen LogP contribution in [-0.4, -0.2) is 92.7 Å². The number of carboxylic acids is 1. The van der Waals surface area contributed by atoms with Crippen molar-refractivity contribution in [3.63, 3.8) is 0 Å². The van der Waals surface area contributed by atoms with Gasteiger partial charge in [0, 0.05) is 22.6 Å². The molecule has 0 amide bonds. The first-order valence-corrected chi connectivity index (χ1v) is 32.8. The monoisotopic (exact) mass is 1550 g/mol. The molecular formula is C54H56Br3ClF6Na2O16S5. The zero-order valence-electron chi connectivity index (χ0n) is 46.2. The summed E-state index contributed by atoms with van der Waals surface area (Å²) in [5.41, 5.74) is 0. The smallest absolute Gasteiger partial charge is 1.00 e. The Hall–Kier alpha value is -1.93. The van der Waals surface area contributed by atoms with E-state index in [-0.39, 0.29) is 107 Å². The number of hydrogen-bond donors (Lipinski definition) is 2. The maximum atomic E-state index is 12.6. The first-order valence-electron chi connectivity index (χ1n) is 24.1. The van der Waals surface area contributed by atoms with E-state index < -0.39 is 67.9 Å². The van der Waals surface area contributed by atoms with Gasteiger partial charge in [0.25, 0.3) is 0 Å². The molecule has 0 aromatic heterocycles. The molecule has 2 N–H and O–H groups in total. The molecular weight excluding hydrogens is 1500 g/mol. The Kier molecular flexibility index (Phi) is 53.9. The molecule has 0 aliphatic rings. The summed E-state index contributed by atoms with van der Waals surface area (Å²) in [6, 6.07) is 64.3. The quantitative estimate of drug-likeness (QED) is 0.00718.